The Kier molecular flexibility index (Phi) is 4.65. The minimum absolute atomic E-state index is 0.563. The molecule has 1 saturated carbocycles. The monoisotopic (exact) mass is 307 g/mol. The molecule has 116 valence electrons. The highest BCUT2D eigenvalue weighted by atomic mass is 32.2. The van der Waals surface area contributed by atoms with E-state index in [4.69, 9.17) is 9.47 Å². The van der Waals surface area contributed by atoms with Gasteiger partial charge in [-0.2, -0.15) is 0 Å². The van der Waals surface area contributed by atoms with Crippen LogP contribution in [0.3, 0.4) is 0 Å². The Bertz CT molecular complexity index is 494. The van der Waals surface area contributed by atoms with E-state index in [2.05, 4.69) is 30.6 Å². The molecule has 3 rings (SSSR count). The standard InChI is InChI=1S/C17H25NO2S/c1-3-17(5-4-6-17)12-18-11-13-9-14-15(10-16(13)21-2)20-8-7-19-14/h9-10,18H,3-8,11-12H2,1-2H3. The molecule has 0 radical (unpaired) electrons. The third kappa shape index (κ3) is 3.16. The maximum Gasteiger partial charge on any atom is 0.162 e. The highest BCUT2D eigenvalue weighted by Gasteiger charge is 2.34. The molecule has 0 aromatic heterocycles. The second kappa shape index (κ2) is 6.49. The fourth-order valence-electron chi connectivity index (χ4n) is 3.23. The molecule has 0 spiro atoms. The van der Waals surface area contributed by atoms with Crippen molar-refractivity contribution in [2.24, 2.45) is 5.41 Å². The maximum absolute atomic E-state index is 5.70. The molecule has 0 unspecified atom stereocenters. The number of nitrogens with one attached hydrogen (secondary N) is 1. The number of thioether (sulfide) groups is 1. The van der Waals surface area contributed by atoms with E-state index in [1.165, 1.54) is 36.1 Å². The van der Waals surface area contributed by atoms with Gasteiger partial charge >= 0.3 is 0 Å². The third-order valence-corrected chi connectivity index (χ3v) is 5.74. The number of ether oxygens (including phenoxy) is 2. The summed E-state index contributed by atoms with van der Waals surface area (Å²) in [5.41, 5.74) is 1.88. The lowest BCUT2D eigenvalue weighted by molar-refractivity contribution is 0.123. The molecule has 1 aromatic rings. The van der Waals surface area contributed by atoms with Crippen LogP contribution in [0, 0.1) is 5.41 Å². The highest BCUT2D eigenvalue weighted by Crippen LogP contribution is 2.43. The lowest BCUT2D eigenvalue weighted by atomic mass is 9.67. The van der Waals surface area contributed by atoms with Crippen molar-refractivity contribution < 1.29 is 9.47 Å². The summed E-state index contributed by atoms with van der Waals surface area (Å²) in [5.74, 6) is 1.78. The van der Waals surface area contributed by atoms with Crippen molar-refractivity contribution in [2.45, 2.75) is 44.0 Å². The zero-order valence-corrected chi connectivity index (χ0v) is 13.9. The summed E-state index contributed by atoms with van der Waals surface area (Å²) in [5, 5.41) is 3.67. The van der Waals surface area contributed by atoms with Crippen LogP contribution in [0.2, 0.25) is 0 Å². The number of benzene rings is 1. The molecule has 1 aromatic carbocycles. The van der Waals surface area contributed by atoms with E-state index in [1.807, 2.05) is 0 Å². The molecular weight excluding hydrogens is 282 g/mol. The zero-order valence-electron chi connectivity index (χ0n) is 13.0. The Morgan fingerprint density at radius 3 is 2.48 bits per heavy atom. The molecule has 1 aliphatic carbocycles. The SMILES string of the molecule is CCC1(CNCc2cc3c(cc2SC)OCCO3)CCC1. The molecule has 0 amide bonds. The topological polar surface area (TPSA) is 30.5 Å². The molecule has 1 N–H and O–H groups in total. The number of hydrogen-bond donors (Lipinski definition) is 1. The minimum atomic E-state index is 0.563. The van der Waals surface area contributed by atoms with Gasteiger partial charge < -0.3 is 14.8 Å². The van der Waals surface area contributed by atoms with Gasteiger partial charge in [-0.3, -0.25) is 0 Å². The molecule has 21 heavy (non-hydrogen) atoms. The van der Waals surface area contributed by atoms with Gasteiger partial charge in [-0.05, 0) is 48.6 Å². The summed E-state index contributed by atoms with van der Waals surface area (Å²) in [6.07, 6.45) is 7.57. The van der Waals surface area contributed by atoms with E-state index in [9.17, 15) is 0 Å². The van der Waals surface area contributed by atoms with E-state index in [-0.39, 0.29) is 0 Å². The van der Waals surface area contributed by atoms with E-state index < -0.39 is 0 Å². The average Bonchev–Trinajstić information content (AvgIpc) is 2.49. The van der Waals surface area contributed by atoms with Gasteiger partial charge in [-0.1, -0.05) is 13.3 Å². The predicted molar refractivity (Wildman–Crippen MR) is 87.5 cm³/mol. The summed E-state index contributed by atoms with van der Waals surface area (Å²) in [4.78, 5) is 1.28. The molecular formula is C17H25NO2S. The Morgan fingerprint density at radius 1 is 1.19 bits per heavy atom. The lowest BCUT2D eigenvalue weighted by Gasteiger charge is -2.41. The molecule has 1 heterocycles. The van der Waals surface area contributed by atoms with Crippen LogP contribution in [0.25, 0.3) is 0 Å². The van der Waals surface area contributed by atoms with Gasteiger partial charge in [0, 0.05) is 18.0 Å². The van der Waals surface area contributed by atoms with Crippen LogP contribution in [-0.4, -0.2) is 26.0 Å². The second-order valence-corrected chi connectivity index (χ2v) is 6.97. The van der Waals surface area contributed by atoms with Gasteiger partial charge in [0.1, 0.15) is 13.2 Å². The molecule has 2 aliphatic rings. The van der Waals surface area contributed by atoms with Gasteiger partial charge in [0.05, 0.1) is 0 Å². The van der Waals surface area contributed by atoms with E-state index >= 15 is 0 Å². The van der Waals surface area contributed by atoms with Crippen LogP contribution in [0.5, 0.6) is 11.5 Å². The highest BCUT2D eigenvalue weighted by molar-refractivity contribution is 7.98. The van der Waals surface area contributed by atoms with E-state index in [0.29, 0.717) is 18.6 Å². The van der Waals surface area contributed by atoms with Crippen LogP contribution < -0.4 is 14.8 Å². The van der Waals surface area contributed by atoms with Gasteiger partial charge in [-0.25, -0.2) is 0 Å². The molecule has 0 atom stereocenters. The first-order valence-corrected chi connectivity index (χ1v) is 9.16. The van der Waals surface area contributed by atoms with Crippen LogP contribution in [-0.2, 0) is 6.54 Å². The van der Waals surface area contributed by atoms with Crippen LogP contribution in [0.1, 0.15) is 38.2 Å². The van der Waals surface area contributed by atoms with Gasteiger partial charge in [-0.15, -0.1) is 11.8 Å². The molecule has 0 saturated heterocycles. The van der Waals surface area contributed by atoms with Gasteiger partial charge in [0.15, 0.2) is 11.5 Å². The molecule has 1 fully saturated rings. The quantitative estimate of drug-likeness (QED) is 0.809. The minimum Gasteiger partial charge on any atom is -0.486 e. The fraction of sp³-hybridized carbons (Fsp3) is 0.647. The first-order valence-electron chi connectivity index (χ1n) is 7.93. The predicted octanol–water partition coefficient (Wildman–Crippen LogP) is 3.85. The van der Waals surface area contributed by atoms with Gasteiger partial charge in [0.2, 0.25) is 0 Å². The summed E-state index contributed by atoms with van der Waals surface area (Å²) in [6, 6.07) is 4.27. The summed E-state index contributed by atoms with van der Waals surface area (Å²) >= 11 is 1.78. The largest absolute Gasteiger partial charge is 0.486 e. The third-order valence-electron chi connectivity index (χ3n) is 4.92. The first kappa shape index (κ1) is 15.0. The van der Waals surface area contributed by atoms with Crippen molar-refractivity contribution in [1.82, 2.24) is 5.32 Å². The van der Waals surface area contributed by atoms with E-state index in [1.54, 1.807) is 11.8 Å². The lowest BCUT2D eigenvalue weighted by Crippen LogP contribution is -2.39. The fourth-order valence-corrected chi connectivity index (χ4v) is 3.85. The molecule has 3 nitrogen and oxygen atoms in total. The van der Waals surface area contributed by atoms with Crippen molar-refractivity contribution in [2.75, 3.05) is 26.0 Å². The van der Waals surface area contributed by atoms with Crippen molar-refractivity contribution in [1.29, 1.82) is 0 Å². The normalized spacial score (nSPS) is 19.1. The van der Waals surface area contributed by atoms with Crippen molar-refractivity contribution in [3.05, 3.63) is 17.7 Å². The zero-order chi connectivity index (χ0) is 14.7. The number of hydrogen-bond acceptors (Lipinski definition) is 4. The first-order chi connectivity index (χ1) is 10.3. The summed E-state index contributed by atoms with van der Waals surface area (Å²) in [7, 11) is 0. The Labute approximate surface area is 131 Å². The Balaban J connectivity index is 1.66. The Morgan fingerprint density at radius 2 is 1.90 bits per heavy atom. The smallest absolute Gasteiger partial charge is 0.162 e. The van der Waals surface area contributed by atoms with E-state index in [0.717, 1.165) is 24.6 Å². The number of rotatable bonds is 6. The van der Waals surface area contributed by atoms with Crippen molar-refractivity contribution >= 4 is 11.8 Å². The summed E-state index contributed by atoms with van der Waals surface area (Å²) < 4.78 is 11.4. The second-order valence-electron chi connectivity index (χ2n) is 6.12. The summed E-state index contributed by atoms with van der Waals surface area (Å²) in [6.45, 7) is 5.66. The average molecular weight is 307 g/mol. The van der Waals surface area contributed by atoms with Crippen LogP contribution in [0.15, 0.2) is 17.0 Å². The van der Waals surface area contributed by atoms with Crippen LogP contribution >= 0.6 is 11.8 Å². The van der Waals surface area contributed by atoms with Crippen molar-refractivity contribution in [3.63, 3.8) is 0 Å². The molecule has 0 bridgehead atoms. The number of fused-ring (bicyclic) bond motifs is 1. The maximum atomic E-state index is 5.70. The molecule has 4 heteroatoms. The molecule has 1 aliphatic heterocycles. The van der Waals surface area contributed by atoms with Gasteiger partial charge in [0.25, 0.3) is 0 Å². The Hall–Kier alpha value is -0.870. The van der Waals surface area contributed by atoms with Crippen molar-refractivity contribution in [3.8, 4) is 11.5 Å². The van der Waals surface area contributed by atoms with Crippen LogP contribution in [0.4, 0.5) is 0 Å².